The fourth-order valence-corrected chi connectivity index (χ4v) is 2.68. The number of rotatable bonds is 4. The fraction of sp³-hybridized carbons (Fsp3) is 0.500. The van der Waals surface area contributed by atoms with E-state index in [2.05, 4.69) is 26.6 Å². The Labute approximate surface area is 129 Å². The summed E-state index contributed by atoms with van der Waals surface area (Å²) >= 11 is 3.49. The van der Waals surface area contributed by atoms with Gasteiger partial charge in [0.15, 0.2) is 0 Å². The maximum atomic E-state index is 11.8. The Morgan fingerprint density at radius 3 is 2.68 bits per heavy atom. The van der Waals surface area contributed by atoms with Gasteiger partial charge in [0.25, 0.3) is 0 Å². The summed E-state index contributed by atoms with van der Waals surface area (Å²) in [5.74, 6) is 0.711. The third-order valence-electron chi connectivity index (χ3n) is 3.37. The second kappa shape index (κ2) is 8.56. The van der Waals surface area contributed by atoms with Crippen molar-refractivity contribution in [1.82, 2.24) is 10.6 Å². The monoisotopic (exact) mass is 346 g/mol. The van der Waals surface area contributed by atoms with Crippen molar-refractivity contribution in [3.05, 3.63) is 34.3 Å². The molecule has 0 aromatic heterocycles. The van der Waals surface area contributed by atoms with Crippen molar-refractivity contribution in [2.45, 2.75) is 25.8 Å². The molecule has 1 aromatic rings. The van der Waals surface area contributed by atoms with E-state index in [9.17, 15) is 4.79 Å². The van der Waals surface area contributed by atoms with Gasteiger partial charge in [0.1, 0.15) is 0 Å². The molecule has 1 fully saturated rings. The minimum atomic E-state index is 0. The normalized spacial score (nSPS) is 15.6. The number of halogens is 2. The van der Waals surface area contributed by atoms with Crippen LogP contribution in [0.5, 0.6) is 0 Å². The molecule has 0 radical (unpaired) electrons. The van der Waals surface area contributed by atoms with Crippen molar-refractivity contribution < 1.29 is 4.79 Å². The average molecular weight is 348 g/mol. The molecule has 5 heteroatoms. The van der Waals surface area contributed by atoms with Crippen LogP contribution in [0.3, 0.4) is 0 Å². The van der Waals surface area contributed by atoms with E-state index < -0.39 is 0 Å². The first-order chi connectivity index (χ1) is 8.75. The van der Waals surface area contributed by atoms with Crippen molar-refractivity contribution in [3.63, 3.8) is 0 Å². The quantitative estimate of drug-likeness (QED) is 0.879. The Bertz CT molecular complexity index is 408. The van der Waals surface area contributed by atoms with Crippen molar-refractivity contribution in [2.75, 3.05) is 13.1 Å². The van der Waals surface area contributed by atoms with Crippen LogP contribution in [0.25, 0.3) is 0 Å². The van der Waals surface area contributed by atoms with Gasteiger partial charge in [-0.25, -0.2) is 0 Å². The average Bonchev–Trinajstić information content (AvgIpc) is 2.39. The molecule has 0 aliphatic carbocycles. The molecule has 1 saturated heterocycles. The van der Waals surface area contributed by atoms with E-state index in [0.29, 0.717) is 18.9 Å². The molecule has 1 aliphatic rings. The Morgan fingerprint density at radius 2 is 2.00 bits per heavy atom. The van der Waals surface area contributed by atoms with E-state index in [0.717, 1.165) is 36.0 Å². The summed E-state index contributed by atoms with van der Waals surface area (Å²) < 4.78 is 1.05. The zero-order valence-corrected chi connectivity index (χ0v) is 13.2. The lowest BCUT2D eigenvalue weighted by Gasteiger charge is -2.21. The van der Waals surface area contributed by atoms with Gasteiger partial charge in [-0.2, -0.15) is 0 Å². The predicted molar refractivity (Wildman–Crippen MR) is 83.4 cm³/mol. The summed E-state index contributed by atoms with van der Waals surface area (Å²) in [7, 11) is 0. The van der Waals surface area contributed by atoms with E-state index in [-0.39, 0.29) is 18.3 Å². The predicted octanol–water partition coefficient (Wildman–Crippen LogP) is 2.88. The Balaban J connectivity index is 0.00000180. The number of carbonyl (C=O) groups is 1. The molecule has 1 amide bonds. The summed E-state index contributed by atoms with van der Waals surface area (Å²) in [6.07, 6.45) is 2.89. The molecule has 3 nitrogen and oxygen atoms in total. The Kier molecular flexibility index (Phi) is 7.42. The van der Waals surface area contributed by atoms with Crippen molar-refractivity contribution in [1.29, 1.82) is 0 Å². The Morgan fingerprint density at radius 1 is 1.32 bits per heavy atom. The molecule has 106 valence electrons. The van der Waals surface area contributed by atoms with E-state index >= 15 is 0 Å². The zero-order valence-electron chi connectivity index (χ0n) is 10.8. The molecule has 0 unspecified atom stereocenters. The molecule has 1 aromatic carbocycles. The minimum Gasteiger partial charge on any atom is -0.352 e. The van der Waals surface area contributed by atoms with Crippen molar-refractivity contribution in [3.8, 4) is 0 Å². The summed E-state index contributed by atoms with van der Waals surface area (Å²) in [6.45, 7) is 2.69. The first-order valence-corrected chi connectivity index (χ1v) is 7.26. The Hall–Kier alpha value is -0.580. The number of hydrogen-bond acceptors (Lipinski definition) is 2. The molecule has 0 bridgehead atoms. The van der Waals surface area contributed by atoms with Gasteiger partial charge in [-0.05, 0) is 43.5 Å². The van der Waals surface area contributed by atoms with E-state index in [1.165, 1.54) is 0 Å². The summed E-state index contributed by atoms with van der Waals surface area (Å²) in [5, 5.41) is 6.31. The maximum Gasteiger partial charge on any atom is 0.220 e. The van der Waals surface area contributed by atoms with E-state index in [4.69, 9.17) is 0 Å². The molecule has 2 N–H and O–H groups in total. The smallest absolute Gasteiger partial charge is 0.220 e. The van der Waals surface area contributed by atoms with Crippen LogP contribution in [0.4, 0.5) is 0 Å². The molecule has 2 rings (SSSR count). The lowest BCUT2D eigenvalue weighted by atomic mass is 9.94. The minimum absolute atomic E-state index is 0. The molecule has 1 aliphatic heterocycles. The van der Waals surface area contributed by atoms with Gasteiger partial charge in [0, 0.05) is 17.4 Å². The topological polar surface area (TPSA) is 41.1 Å². The van der Waals surface area contributed by atoms with Crippen LogP contribution < -0.4 is 10.6 Å². The highest BCUT2D eigenvalue weighted by atomic mass is 79.9. The van der Waals surface area contributed by atoms with Crippen LogP contribution >= 0.6 is 28.3 Å². The highest BCUT2D eigenvalue weighted by Gasteiger charge is 2.16. The van der Waals surface area contributed by atoms with Gasteiger partial charge < -0.3 is 10.6 Å². The summed E-state index contributed by atoms with van der Waals surface area (Å²) in [6, 6.07) is 7.98. The van der Waals surface area contributed by atoms with Gasteiger partial charge in [-0.15, -0.1) is 12.4 Å². The third-order valence-corrected chi connectivity index (χ3v) is 4.14. The molecule has 0 saturated carbocycles. The number of benzene rings is 1. The number of piperidine rings is 1. The van der Waals surface area contributed by atoms with E-state index in [1.54, 1.807) is 0 Å². The molecule has 0 spiro atoms. The maximum absolute atomic E-state index is 11.8. The first kappa shape index (κ1) is 16.5. The van der Waals surface area contributed by atoms with Crippen LogP contribution in [0.15, 0.2) is 28.7 Å². The zero-order chi connectivity index (χ0) is 12.8. The second-order valence-electron chi connectivity index (χ2n) is 4.77. The second-order valence-corrected chi connectivity index (χ2v) is 5.62. The summed E-state index contributed by atoms with van der Waals surface area (Å²) in [4.78, 5) is 11.8. The number of hydrogen-bond donors (Lipinski definition) is 2. The molecule has 1 heterocycles. The highest BCUT2D eigenvalue weighted by Crippen LogP contribution is 2.17. The highest BCUT2D eigenvalue weighted by molar-refractivity contribution is 9.10. The number of carbonyl (C=O) groups excluding carboxylic acids is 1. The SMILES string of the molecule is Cl.O=C(CC1CCNCC1)NCc1ccccc1Br. The van der Waals surface area contributed by atoms with Gasteiger partial charge in [-0.1, -0.05) is 34.1 Å². The van der Waals surface area contributed by atoms with Crippen LogP contribution in [0, 0.1) is 5.92 Å². The van der Waals surface area contributed by atoms with Crippen LogP contribution in [-0.4, -0.2) is 19.0 Å². The standard InChI is InChI=1S/C14H19BrN2O.ClH/c15-13-4-2-1-3-12(13)10-17-14(18)9-11-5-7-16-8-6-11;/h1-4,11,16H,5-10H2,(H,17,18);1H. The van der Waals surface area contributed by atoms with Gasteiger partial charge in [0.05, 0.1) is 0 Å². The van der Waals surface area contributed by atoms with Crippen LogP contribution in [-0.2, 0) is 11.3 Å². The number of amides is 1. The lowest BCUT2D eigenvalue weighted by molar-refractivity contribution is -0.122. The van der Waals surface area contributed by atoms with E-state index in [1.807, 2.05) is 24.3 Å². The summed E-state index contributed by atoms with van der Waals surface area (Å²) in [5.41, 5.74) is 1.12. The van der Waals surface area contributed by atoms with Gasteiger partial charge in [-0.3, -0.25) is 4.79 Å². The first-order valence-electron chi connectivity index (χ1n) is 6.46. The number of nitrogens with one attached hydrogen (secondary N) is 2. The van der Waals surface area contributed by atoms with Gasteiger partial charge >= 0.3 is 0 Å². The third kappa shape index (κ3) is 5.51. The van der Waals surface area contributed by atoms with Crippen LogP contribution in [0.2, 0.25) is 0 Å². The molecular weight excluding hydrogens is 328 g/mol. The van der Waals surface area contributed by atoms with Crippen molar-refractivity contribution >= 4 is 34.2 Å². The lowest BCUT2D eigenvalue weighted by Crippen LogP contribution is -2.32. The fourth-order valence-electron chi connectivity index (χ4n) is 2.26. The van der Waals surface area contributed by atoms with Crippen LogP contribution in [0.1, 0.15) is 24.8 Å². The van der Waals surface area contributed by atoms with Crippen molar-refractivity contribution in [2.24, 2.45) is 5.92 Å². The molecule has 0 atom stereocenters. The van der Waals surface area contributed by atoms with Gasteiger partial charge in [0.2, 0.25) is 5.91 Å². The largest absolute Gasteiger partial charge is 0.352 e. The molecular formula is C14H20BrClN2O. The molecule has 19 heavy (non-hydrogen) atoms.